The van der Waals surface area contributed by atoms with Gasteiger partial charge in [-0.15, -0.1) is 0 Å². The van der Waals surface area contributed by atoms with E-state index in [0.29, 0.717) is 6.04 Å². The van der Waals surface area contributed by atoms with Crippen LogP contribution in [0.5, 0.6) is 0 Å². The van der Waals surface area contributed by atoms with Crippen LogP contribution in [-0.2, 0) is 12.8 Å². The van der Waals surface area contributed by atoms with Gasteiger partial charge in [-0.2, -0.15) is 0 Å². The summed E-state index contributed by atoms with van der Waals surface area (Å²) in [6.45, 7) is 2.38. The van der Waals surface area contributed by atoms with E-state index in [0.717, 1.165) is 19.3 Å². The summed E-state index contributed by atoms with van der Waals surface area (Å²) in [6, 6.07) is 0.498. The second-order valence-corrected chi connectivity index (χ2v) is 6.57. The summed E-state index contributed by atoms with van der Waals surface area (Å²) in [6.07, 6.45) is 9.39. The number of aliphatic hydroxyl groups is 1. The third-order valence-electron chi connectivity index (χ3n) is 5.36. The number of rotatable bonds is 3. The van der Waals surface area contributed by atoms with Crippen LogP contribution in [0.15, 0.2) is 0 Å². The second-order valence-electron chi connectivity index (χ2n) is 6.57. The van der Waals surface area contributed by atoms with Gasteiger partial charge in [-0.3, -0.25) is 0 Å². The zero-order valence-corrected chi connectivity index (χ0v) is 12.8. The van der Waals surface area contributed by atoms with Crippen molar-refractivity contribution in [2.24, 2.45) is 0 Å². The molecule has 0 amide bonds. The SMILES string of the molecule is CNC1(CO)CCCC(n2c(C)nc3c2CCCC3)C1. The first-order chi connectivity index (χ1) is 9.69. The van der Waals surface area contributed by atoms with E-state index in [2.05, 4.69) is 16.8 Å². The van der Waals surface area contributed by atoms with Crippen molar-refractivity contribution in [3.05, 3.63) is 17.2 Å². The maximum absolute atomic E-state index is 9.78. The van der Waals surface area contributed by atoms with Gasteiger partial charge in [-0.1, -0.05) is 0 Å². The number of imidazole rings is 1. The minimum Gasteiger partial charge on any atom is -0.394 e. The summed E-state index contributed by atoms with van der Waals surface area (Å²) >= 11 is 0. The molecule has 2 aliphatic carbocycles. The largest absolute Gasteiger partial charge is 0.394 e. The number of aromatic nitrogens is 2. The topological polar surface area (TPSA) is 50.1 Å². The Morgan fingerprint density at radius 3 is 2.90 bits per heavy atom. The van der Waals surface area contributed by atoms with E-state index in [1.54, 1.807) is 0 Å². The summed E-state index contributed by atoms with van der Waals surface area (Å²) in [5.41, 5.74) is 2.71. The van der Waals surface area contributed by atoms with Crippen molar-refractivity contribution in [2.45, 2.75) is 69.9 Å². The highest BCUT2D eigenvalue weighted by Crippen LogP contribution is 2.38. The van der Waals surface area contributed by atoms with Crippen LogP contribution >= 0.6 is 0 Å². The highest BCUT2D eigenvalue weighted by Gasteiger charge is 2.36. The maximum Gasteiger partial charge on any atom is 0.106 e. The molecule has 0 bridgehead atoms. The first kappa shape index (κ1) is 14.1. The molecule has 1 aromatic heterocycles. The second kappa shape index (κ2) is 5.49. The van der Waals surface area contributed by atoms with E-state index in [9.17, 15) is 5.11 Å². The van der Waals surface area contributed by atoms with Crippen molar-refractivity contribution in [2.75, 3.05) is 13.7 Å². The van der Waals surface area contributed by atoms with Crippen LogP contribution in [-0.4, -0.2) is 33.9 Å². The molecule has 4 heteroatoms. The normalized spacial score (nSPS) is 30.2. The molecule has 0 aliphatic heterocycles. The van der Waals surface area contributed by atoms with Gasteiger partial charge < -0.3 is 15.0 Å². The third kappa shape index (κ3) is 2.29. The average Bonchev–Trinajstić information content (AvgIpc) is 2.83. The molecule has 1 fully saturated rings. The lowest BCUT2D eigenvalue weighted by Crippen LogP contribution is -2.50. The van der Waals surface area contributed by atoms with Crippen LogP contribution in [0.1, 0.15) is 61.8 Å². The Labute approximate surface area is 121 Å². The predicted molar refractivity (Wildman–Crippen MR) is 80.0 cm³/mol. The molecule has 2 unspecified atom stereocenters. The van der Waals surface area contributed by atoms with Gasteiger partial charge in [0.2, 0.25) is 0 Å². The van der Waals surface area contributed by atoms with E-state index in [1.165, 1.54) is 49.3 Å². The van der Waals surface area contributed by atoms with Gasteiger partial charge in [0, 0.05) is 17.3 Å². The van der Waals surface area contributed by atoms with Gasteiger partial charge in [0.25, 0.3) is 0 Å². The fraction of sp³-hybridized carbons (Fsp3) is 0.812. The summed E-state index contributed by atoms with van der Waals surface area (Å²) in [5.74, 6) is 1.17. The first-order valence-corrected chi connectivity index (χ1v) is 8.05. The molecular formula is C16H27N3O. The maximum atomic E-state index is 9.78. The van der Waals surface area contributed by atoms with Crippen molar-refractivity contribution in [3.63, 3.8) is 0 Å². The smallest absolute Gasteiger partial charge is 0.106 e. The number of aryl methyl sites for hydroxylation is 2. The lowest BCUT2D eigenvalue weighted by Gasteiger charge is -2.41. The molecule has 0 aromatic carbocycles. The van der Waals surface area contributed by atoms with E-state index in [4.69, 9.17) is 4.98 Å². The first-order valence-electron chi connectivity index (χ1n) is 8.05. The number of nitrogens with zero attached hydrogens (tertiary/aromatic N) is 2. The number of hydrogen-bond donors (Lipinski definition) is 2. The van der Waals surface area contributed by atoms with E-state index < -0.39 is 0 Å². The Morgan fingerprint density at radius 1 is 1.35 bits per heavy atom. The zero-order valence-electron chi connectivity index (χ0n) is 12.8. The molecular weight excluding hydrogens is 250 g/mol. The van der Waals surface area contributed by atoms with Gasteiger partial charge in [0.15, 0.2) is 0 Å². The number of hydrogen-bond acceptors (Lipinski definition) is 3. The lowest BCUT2D eigenvalue weighted by atomic mass is 9.79. The van der Waals surface area contributed by atoms with Crippen LogP contribution in [0.25, 0.3) is 0 Å². The van der Waals surface area contributed by atoms with Crippen LogP contribution in [0.2, 0.25) is 0 Å². The molecule has 2 atom stereocenters. The minimum atomic E-state index is -0.0961. The molecule has 20 heavy (non-hydrogen) atoms. The Morgan fingerprint density at radius 2 is 2.15 bits per heavy atom. The zero-order chi connectivity index (χ0) is 14.2. The summed E-state index contributed by atoms with van der Waals surface area (Å²) in [5, 5.41) is 13.2. The Bertz CT molecular complexity index is 476. The van der Waals surface area contributed by atoms with E-state index in [-0.39, 0.29) is 12.1 Å². The fourth-order valence-corrected chi connectivity index (χ4v) is 4.18. The van der Waals surface area contributed by atoms with E-state index in [1.807, 2.05) is 7.05 Å². The lowest BCUT2D eigenvalue weighted by molar-refractivity contribution is 0.103. The van der Waals surface area contributed by atoms with Crippen molar-refractivity contribution < 1.29 is 5.11 Å². The quantitative estimate of drug-likeness (QED) is 0.890. The van der Waals surface area contributed by atoms with Gasteiger partial charge in [-0.05, 0) is 65.3 Å². The Kier molecular flexibility index (Phi) is 3.87. The van der Waals surface area contributed by atoms with Gasteiger partial charge in [-0.25, -0.2) is 4.98 Å². The third-order valence-corrected chi connectivity index (χ3v) is 5.36. The number of nitrogens with one attached hydrogen (secondary N) is 1. The Hall–Kier alpha value is -0.870. The molecule has 2 aliphatic rings. The van der Waals surface area contributed by atoms with Crippen molar-refractivity contribution in [3.8, 4) is 0 Å². The number of aliphatic hydroxyl groups excluding tert-OH is 1. The highest BCUT2D eigenvalue weighted by atomic mass is 16.3. The van der Waals surface area contributed by atoms with Gasteiger partial charge in [0.1, 0.15) is 5.82 Å². The average molecular weight is 277 g/mol. The molecule has 1 aromatic rings. The molecule has 0 spiro atoms. The molecule has 1 saturated carbocycles. The van der Waals surface area contributed by atoms with Gasteiger partial charge >= 0.3 is 0 Å². The van der Waals surface area contributed by atoms with Crippen molar-refractivity contribution >= 4 is 0 Å². The van der Waals surface area contributed by atoms with Crippen LogP contribution in [0.4, 0.5) is 0 Å². The minimum absolute atomic E-state index is 0.0961. The molecule has 112 valence electrons. The summed E-state index contributed by atoms with van der Waals surface area (Å²) < 4.78 is 2.50. The van der Waals surface area contributed by atoms with Crippen molar-refractivity contribution in [1.82, 2.24) is 14.9 Å². The molecule has 4 nitrogen and oxygen atoms in total. The summed E-state index contributed by atoms with van der Waals surface area (Å²) in [4.78, 5) is 4.81. The fourth-order valence-electron chi connectivity index (χ4n) is 4.18. The predicted octanol–water partition coefficient (Wildman–Crippen LogP) is 2.14. The number of fused-ring (bicyclic) bond motifs is 1. The molecule has 1 heterocycles. The Balaban J connectivity index is 1.91. The summed E-state index contributed by atoms with van der Waals surface area (Å²) in [7, 11) is 1.98. The van der Waals surface area contributed by atoms with Crippen LogP contribution in [0.3, 0.4) is 0 Å². The molecule has 2 N–H and O–H groups in total. The standard InChI is InChI=1S/C16H27N3O/c1-12-18-14-7-3-4-8-15(14)19(12)13-6-5-9-16(10-13,11-20)17-2/h13,17,20H,3-11H2,1-2H3. The highest BCUT2D eigenvalue weighted by molar-refractivity contribution is 5.21. The van der Waals surface area contributed by atoms with E-state index >= 15 is 0 Å². The molecule has 3 rings (SSSR count). The van der Waals surface area contributed by atoms with Crippen LogP contribution in [0, 0.1) is 6.92 Å². The van der Waals surface area contributed by atoms with Crippen LogP contribution < -0.4 is 5.32 Å². The van der Waals surface area contributed by atoms with Crippen molar-refractivity contribution in [1.29, 1.82) is 0 Å². The van der Waals surface area contributed by atoms with Gasteiger partial charge in [0.05, 0.1) is 12.3 Å². The monoisotopic (exact) mass is 277 g/mol. The molecule has 0 saturated heterocycles. The number of likely N-dealkylation sites (N-methyl/N-ethyl adjacent to an activating group) is 1. The molecule has 0 radical (unpaired) electrons.